The predicted molar refractivity (Wildman–Crippen MR) is 80.9 cm³/mol. The number of carbonyl (C=O) groups excluding carboxylic acids is 1. The third kappa shape index (κ3) is 3.85. The zero-order valence-electron chi connectivity index (χ0n) is 10.4. The number of carbonyl (C=O) groups is 1. The van der Waals surface area contributed by atoms with Gasteiger partial charge in [0, 0.05) is 14.9 Å². The van der Waals surface area contributed by atoms with E-state index < -0.39 is 10.8 Å². The Morgan fingerprint density at radius 1 is 1.16 bits per heavy atom. The molecule has 0 radical (unpaired) electrons. The lowest BCUT2D eigenvalue weighted by atomic mass is 10.2. The van der Waals surface area contributed by atoms with Gasteiger partial charge in [-0.25, -0.2) is 0 Å². The van der Waals surface area contributed by atoms with Gasteiger partial charge in [0.05, 0.1) is 16.6 Å². The van der Waals surface area contributed by atoms with Crippen LogP contribution in [-0.4, -0.2) is 15.7 Å². The molecule has 0 fully saturated rings. The number of halogens is 1. The molecule has 0 saturated heterocycles. The Labute approximate surface area is 123 Å². The maximum atomic E-state index is 12.1. The van der Waals surface area contributed by atoms with Crippen molar-refractivity contribution >= 4 is 32.5 Å². The summed E-state index contributed by atoms with van der Waals surface area (Å²) >= 11 is 3.32. The summed E-state index contributed by atoms with van der Waals surface area (Å²) in [5, 5.41) is 0. The number of benzene rings is 2. The number of Topliss-reactive ketones (excluding diaryl/α,β-unsaturated/α-hetero) is 1. The van der Waals surface area contributed by atoms with Gasteiger partial charge in [-0.2, -0.15) is 0 Å². The smallest absolute Gasteiger partial charge is 0.175 e. The summed E-state index contributed by atoms with van der Waals surface area (Å²) in [6, 6.07) is 14.6. The lowest BCUT2D eigenvalue weighted by Crippen LogP contribution is -2.11. The summed E-state index contributed by atoms with van der Waals surface area (Å²) in [4.78, 5) is 12.7. The third-order valence-electron chi connectivity index (χ3n) is 2.66. The maximum Gasteiger partial charge on any atom is 0.175 e. The molecule has 0 heterocycles. The molecule has 0 bridgehead atoms. The Hall–Kier alpha value is -1.26. The van der Waals surface area contributed by atoms with E-state index in [0.29, 0.717) is 10.5 Å². The standard InChI is InChI=1S/C15H13BrO2S/c1-11-4-2-7-14(8-11)19(18)10-15(17)12-5-3-6-13(16)9-12/h2-9H,10H2,1H3. The van der Waals surface area contributed by atoms with Crippen LogP contribution in [0, 0.1) is 6.92 Å². The summed E-state index contributed by atoms with van der Waals surface area (Å²) in [6.45, 7) is 1.94. The van der Waals surface area contributed by atoms with Gasteiger partial charge in [-0.15, -0.1) is 0 Å². The fourth-order valence-electron chi connectivity index (χ4n) is 1.70. The first-order valence-corrected chi connectivity index (χ1v) is 7.91. The molecule has 0 aliphatic carbocycles. The molecule has 0 spiro atoms. The monoisotopic (exact) mass is 336 g/mol. The van der Waals surface area contributed by atoms with Crippen LogP contribution in [0.3, 0.4) is 0 Å². The molecule has 0 saturated carbocycles. The van der Waals surface area contributed by atoms with Gasteiger partial charge in [0.25, 0.3) is 0 Å². The second-order valence-electron chi connectivity index (χ2n) is 4.24. The van der Waals surface area contributed by atoms with E-state index >= 15 is 0 Å². The van der Waals surface area contributed by atoms with Crippen LogP contribution in [0.25, 0.3) is 0 Å². The van der Waals surface area contributed by atoms with Crippen molar-refractivity contribution in [3.8, 4) is 0 Å². The van der Waals surface area contributed by atoms with Crippen molar-refractivity contribution in [1.29, 1.82) is 0 Å². The van der Waals surface area contributed by atoms with Crippen molar-refractivity contribution in [2.75, 3.05) is 5.75 Å². The molecule has 1 atom stereocenters. The highest BCUT2D eigenvalue weighted by Gasteiger charge is 2.12. The van der Waals surface area contributed by atoms with Gasteiger partial charge in [0.2, 0.25) is 0 Å². The minimum Gasteiger partial charge on any atom is -0.293 e. The summed E-state index contributed by atoms with van der Waals surface area (Å²) in [5.74, 6) is -0.0963. The van der Waals surface area contributed by atoms with E-state index in [1.54, 1.807) is 24.3 Å². The lowest BCUT2D eigenvalue weighted by molar-refractivity contribution is 0.102. The summed E-state index contributed by atoms with van der Waals surface area (Å²) in [6.07, 6.45) is 0. The number of aryl methyl sites for hydroxylation is 1. The Bertz CT molecular complexity index is 582. The average Bonchev–Trinajstić information content (AvgIpc) is 2.38. The normalized spacial score (nSPS) is 12.1. The maximum absolute atomic E-state index is 12.1. The van der Waals surface area contributed by atoms with Gasteiger partial charge in [0.1, 0.15) is 0 Å². The summed E-state index contributed by atoms with van der Waals surface area (Å²) < 4.78 is 13.0. The van der Waals surface area contributed by atoms with Crippen molar-refractivity contribution in [3.63, 3.8) is 0 Å². The fourth-order valence-corrected chi connectivity index (χ4v) is 3.22. The number of hydrogen-bond acceptors (Lipinski definition) is 2. The minimum absolute atomic E-state index is 0.0138. The molecule has 2 aromatic rings. The first kappa shape index (κ1) is 14.2. The highest BCUT2D eigenvalue weighted by molar-refractivity contribution is 9.10. The molecule has 2 nitrogen and oxygen atoms in total. The Morgan fingerprint density at radius 3 is 2.58 bits per heavy atom. The van der Waals surface area contributed by atoms with Gasteiger partial charge in [-0.05, 0) is 36.8 Å². The summed E-state index contributed by atoms with van der Waals surface area (Å²) in [5.41, 5.74) is 1.62. The van der Waals surface area contributed by atoms with E-state index in [-0.39, 0.29) is 11.5 Å². The van der Waals surface area contributed by atoms with Crippen molar-refractivity contribution in [1.82, 2.24) is 0 Å². The molecule has 4 heteroatoms. The molecule has 19 heavy (non-hydrogen) atoms. The van der Waals surface area contributed by atoms with Crippen LogP contribution in [-0.2, 0) is 10.8 Å². The average molecular weight is 337 g/mol. The quantitative estimate of drug-likeness (QED) is 0.797. The molecule has 0 aliphatic heterocycles. The zero-order chi connectivity index (χ0) is 13.8. The zero-order valence-corrected chi connectivity index (χ0v) is 12.8. The predicted octanol–water partition coefficient (Wildman–Crippen LogP) is 3.75. The second kappa shape index (κ2) is 6.26. The van der Waals surface area contributed by atoms with Crippen molar-refractivity contribution < 1.29 is 9.00 Å². The lowest BCUT2D eigenvalue weighted by Gasteiger charge is -2.04. The molecule has 0 aromatic heterocycles. The van der Waals surface area contributed by atoms with E-state index in [4.69, 9.17) is 0 Å². The molecule has 0 aliphatic rings. The number of ketones is 1. The second-order valence-corrected chi connectivity index (χ2v) is 6.61. The molecular weight excluding hydrogens is 324 g/mol. The van der Waals surface area contributed by atoms with Crippen molar-refractivity contribution in [3.05, 3.63) is 64.1 Å². The van der Waals surface area contributed by atoms with Crippen LogP contribution in [0.5, 0.6) is 0 Å². The van der Waals surface area contributed by atoms with Crippen LogP contribution in [0.2, 0.25) is 0 Å². The first-order chi connectivity index (χ1) is 9.06. The van der Waals surface area contributed by atoms with E-state index in [9.17, 15) is 9.00 Å². The fraction of sp³-hybridized carbons (Fsp3) is 0.133. The van der Waals surface area contributed by atoms with Crippen LogP contribution >= 0.6 is 15.9 Å². The molecule has 98 valence electrons. The Morgan fingerprint density at radius 2 is 1.89 bits per heavy atom. The largest absolute Gasteiger partial charge is 0.293 e. The highest BCUT2D eigenvalue weighted by Crippen LogP contribution is 2.14. The van der Waals surface area contributed by atoms with Crippen LogP contribution in [0.15, 0.2) is 57.9 Å². The van der Waals surface area contributed by atoms with Crippen LogP contribution < -0.4 is 0 Å². The van der Waals surface area contributed by atoms with Crippen LogP contribution in [0.4, 0.5) is 0 Å². The molecule has 2 aromatic carbocycles. The first-order valence-electron chi connectivity index (χ1n) is 5.80. The van der Waals surface area contributed by atoms with E-state index in [1.165, 1.54) is 0 Å². The Kier molecular flexibility index (Phi) is 4.66. The molecule has 0 N–H and O–H groups in total. The molecular formula is C15H13BrO2S. The Balaban J connectivity index is 2.13. The molecule has 2 rings (SSSR count). The van der Waals surface area contributed by atoms with E-state index in [1.807, 2.05) is 31.2 Å². The van der Waals surface area contributed by atoms with E-state index in [2.05, 4.69) is 15.9 Å². The number of rotatable bonds is 4. The summed E-state index contributed by atoms with van der Waals surface area (Å²) in [7, 11) is -1.30. The molecule has 1 unspecified atom stereocenters. The van der Waals surface area contributed by atoms with Crippen molar-refractivity contribution in [2.45, 2.75) is 11.8 Å². The van der Waals surface area contributed by atoms with Crippen molar-refractivity contribution in [2.24, 2.45) is 0 Å². The van der Waals surface area contributed by atoms with Gasteiger partial charge in [0.15, 0.2) is 5.78 Å². The number of hydrogen-bond donors (Lipinski definition) is 0. The van der Waals surface area contributed by atoms with Gasteiger partial charge in [-0.3, -0.25) is 9.00 Å². The van der Waals surface area contributed by atoms with Gasteiger partial charge in [-0.1, -0.05) is 40.2 Å². The minimum atomic E-state index is -1.30. The molecule has 0 amide bonds. The van der Waals surface area contributed by atoms with Gasteiger partial charge >= 0.3 is 0 Å². The van der Waals surface area contributed by atoms with Gasteiger partial charge < -0.3 is 0 Å². The highest BCUT2D eigenvalue weighted by atomic mass is 79.9. The van der Waals surface area contributed by atoms with E-state index in [0.717, 1.165) is 10.0 Å². The third-order valence-corrected chi connectivity index (χ3v) is 4.46. The van der Waals surface area contributed by atoms with Crippen LogP contribution in [0.1, 0.15) is 15.9 Å². The SMILES string of the molecule is Cc1cccc(S(=O)CC(=O)c2cccc(Br)c2)c1. The topological polar surface area (TPSA) is 34.1 Å².